The first-order valence-corrected chi connectivity index (χ1v) is 6.69. The predicted molar refractivity (Wildman–Crippen MR) is 75.6 cm³/mol. The van der Waals surface area contributed by atoms with Crippen molar-refractivity contribution in [1.82, 2.24) is 0 Å². The molecule has 0 N–H and O–H groups in total. The molecule has 0 radical (unpaired) electrons. The lowest BCUT2D eigenvalue weighted by Crippen LogP contribution is -2.04. The lowest BCUT2D eigenvalue weighted by atomic mass is 9.96. The fraction of sp³-hybridized carbons (Fsp3) is 0.294. The highest BCUT2D eigenvalue weighted by Crippen LogP contribution is 2.32. The van der Waals surface area contributed by atoms with Gasteiger partial charge in [-0.05, 0) is 47.7 Å². The van der Waals surface area contributed by atoms with E-state index < -0.39 is 11.7 Å². The number of benzene rings is 2. The first-order valence-electron chi connectivity index (χ1n) is 6.69. The summed E-state index contributed by atoms with van der Waals surface area (Å²) in [5, 5.41) is 0. The molecule has 2 aromatic rings. The molecule has 0 aliphatic carbocycles. The van der Waals surface area contributed by atoms with Gasteiger partial charge in [0, 0.05) is 0 Å². The SMILES string of the molecule is CCCc1cc(-c2cccc(C(F)(F)F)c2)ccc1C. The lowest BCUT2D eigenvalue weighted by Gasteiger charge is -2.11. The molecule has 0 nitrogen and oxygen atoms in total. The van der Waals surface area contributed by atoms with Crippen molar-refractivity contribution in [3.05, 3.63) is 59.2 Å². The summed E-state index contributed by atoms with van der Waals surface area (Å²) < 4.78 is 38.2. The van der Waals surface area contributed by atoms with Gasteiger partial charge in [-0.1, -0.05) is 43.7 Å². The Hall–Kier alpha value is -1.77. The average molecular weight is 278 g/mol. The first-order chi connectivity index (χ1) is 9.41. The maximum atomic E-state index is 12.7. The van der Waals surface area contributed by atoms with Gasteiger partial charge in [-0.15, -0.1) is 0 Å². The summed E-state index contributed by atoms with van der Waals surface area (Å²) in [6, 6.07) is 11.3. The van der Waals surface area contributed by atoms with Crippen LogP contribution in [-0.4, -0.2) is 0 Å². The van der Waals surface area contributed by atoms with Gasteiger partial charge in [0.1, 0.15) is 0 Å². The summed E-state index contributed by atoms with van der Waals surface area (Å²) in [5.74, 6) is 0. The molecule has 0 saturated carbocycles. The molecular formula is C17H17F3. The first kappa shape index (κ1) is 14.6. The average Bonchev–Trinajstić information content (AvgIpc) is 2.41. The van der Waals surface area contributed by atoms with Crippen LogP contribution in [0, 0.1) is 6.92 Å². The molecule has 20 heavy (non-hydrogen) atoms. The maximum absolute atomic E-state index is 12.7. The van der Waals surface area contributed by atoms with E-state index in [2.05, 4.69) is 6.92 Å². The van der Waals surface area contributed by atoms with Gasteiger partial charge < -0.3 is 0 Å². The molecule has 0 aromatic heterocycles. The number of rotatable bonds is 3. The second-order valence-electron chi connectivity index (χ2n) is 4.97. The van der Waals surface area contributed by atoms with Crippen molar-refractivity contribution in [3.8, 4) is 11.1 Å². The Kier molecular flexibility index (Phi) is 4.17. The van der Waals surface area contributed by atoms with Crippen LogP contribution < -0.4 is 0 Å². The minimum atomic E-state index is -4.30. The van der Waals surface area contributed by atoms with Crippen LogP contribution in [0.25, 0.3) is 11.1 Å². The molecular weight excluding hydrogens is 261 g/mol. The largest absolute Gasteiger partial charge is 0.416 e. The molecule has 0 heterocycles. The number of hydrogen-bond acceptors (Lipinski definition) is 0. The molecule has 2 rings (SSSR count). The van der Waals surface area contributed by atoms with Crippen LogP contribution in [0.1, 0.15) is 30.0 Å². The van der Waals surface area contributed by atoms with Crippen LogP contribution in [0.4, 0.5) is 13.2 Å². The van der Waals surface area contributed by atoms with Gasteiger partial charge in [0.05, 0.1) is 5.56 Å². The summed E-state index contributed by atoms with van der Waals surface area (Å²) in [4.78, 5) is 0. The van der Waals surface area contributed by atoms with Crippen LogP contribution in [0.3, 0.4) is 0 Å². The van der Waals surface area contributed by atoms with Gasteiger partial charge in [-0.2, -0.15) is 13.2 Å². The predicted octanol–water partition coefficient (Wildman–Crippen LogP) is 5.63. The van der Waals surface area contributed by atoms with E-state index in [0.717, 1.165) is 24.5 Å². The monoisotopic (exact) mass is 278 g/mol. The van der Waals surface area contributed by atoms with E-state index in [0.29, 0.717) is 5.56 Å². The van der Waals surface area contributed by atoms with Gasteiger partial charge in [0.2, 0.25) is 0 Å². The van der Waals surface area contributed by atoms with Crippen LogP contribution in [0.15, 0.2) is 42.5 Å². The minimum Gasteiger partial charge on any atom is -0.166 e. The van der Waals surface area contributed by atoms with E-state index in [-0.39, 0.29) is 0 Å². The Bertz CT molecular complexity index is 597. The van der Waals surface area contributed by atoms with E-state index >= 15 is 0 Å². The Morgan fingerprint density at radius 2 is 1.65 bits per heavy atom. The molecule has 0 fully saturated rings. The second-order valence-corrected chi connectivity index (χ2v) is 4.97. The Labute approximate surface area is 117 Å². The number of alkyl halides is 3. The molecule has 106 valence electrons. The fourth-order valence-electron chi connectivity index (χ4n) is 2.26. The van der Waals surface area contributed by atoms with E-state index in [4.69, 9.17) is 0 Å². The smallest absolute Gasteiger partial charge is 0.166 e. The summed E-state index contributed by atoms with van der Waals surface area (Å²) in [6.45, 7) is 4.12. The molecule has 0 aliphatic heterocycles. The Morgan fingerprint density at radius 1 is 0.950 bits per heavy atom. The third-order valence-corrected chi connectivity index (χ3v) is 3.39. The molecule has 0 atom stereocenters. The quantitative estimate of drug-likeness (QED) is 0.682. The topological polar surface area (TPSA) is 0 Å². The highest BCUT2D eigenvalue weighted by Gasteiger charge is 2.30. The molecule has 0 amide bonds. The van der Waals surface area contributed by atoms with Crippen molar-refractivity contribution >= 4 is 0 Å². The summed E-state index contributed by atoms with van der Waals surface area (Å²) >= 11 is 0. The standard InChI is InChI=1S/C17H17F3/c1-3-5-13-10-15(9-8-12(13)2)14-6-4-7-16(11-14)17(18,19)20/h4,6-11H,3,5H2,1-2H3. The van der Waals surface area contributed by atoms with Gasteiger partial charge >= 0.3 is 6.18 Å². The third-order valence-electron chi connectivity index (χ3n) is 3.39. The van der Waals surface area contributed by atoms with Crippen LogP contribution >= 0.6 is 0 Å². The minimum absolute atomic E-state index is 0.604. The van der Waals surface area contributed by atoms with Crippen LogP contribution in [0.2, 0.25) is 0 Å². The third kappa shape index (κ3) is 3.21. The number of hydrogen-bond donors (Lipinski definition) is 0. The summed E-state index contributed by atoms with van der Waals surface area (Å²) in [7, 11) is 0. The fourth-order valence-corrected chi connectivity index (χ4v) is 2.26. The van der Waals surface area contributed by atoms with Crippen molar-refractivity contribution in [3.63, 3.8) is 0 Å². The summed E-state index contributed by atoms with van der Waals surface area (Å²) in [6.07, 6.45) is -2.33. The van der Waals surface area contributed by atoms with Gasteiger partial charge in [0.25, 0.3) is 0 Å². The molecule has 0 spiro atoms. The Morgan fingerprint density at radius 3 is 2.30 bits per heavy atom. The molecule has 0 bridgehead atoms. The van der Waals surface area contributed by atoms with E-state index in [1.165, 1.54) is 23.3 Å². The van der Waals surface area contributed by atoms with E-state index in [1.54, 1.807) is 6.07 Å². The molecule has 0 unspecified atom stereocenters. The zero-order valence-electron chi connectivity index (χ0n) is 11.6. The zero-order chi connectivity index (χ0) is 14.8. The van der Waals surface area contributed by atoms with Crippen molar-refractivity contribution in [2.45, 2.75) is 32.9 Å². The highest BCUT2D eigenvalue weighted by molar-refractivity contribution is 5.65. The Balaban J connectivity index is 2.44. The van der Waals surface area contributed by atoms with Crippen molar-refractivity contribution in [2.24, 2.45) is 0 Å². The molecule has 3 heteroatoms. The van der Waals surface area contributed by atoms with Crippen molar-refractivity contribution in [2.75, 3.05) is 0 Å². The second kappa shape index (κ2) is 5.70. The maximum Gasteiger partial charge on any atom is 0.416 e. The van der Waals surface area contributed by atoms with E-state index in [9.17, 15) is 13.2 Å². The number of aryl methyl sites for hydroxylation is 2. The highest BCUT2D eigenvalue weighted by atomic mass is 19.4. The van der Waals surface area contributed by atoms with Gasteiger partial charge in [0.15, 0.2) is 0 Å². The van der Waals surface area contributed by atoms with Crippen molar-refractivity contribution < 1.29 is 13.2 Å². The van der Waals surface area contributed by atoms with Crippen LogP contribution in [-0.2, 0) is 12.6 Å². The van der Waals surface area contributed by atoms with Crippen LogP contribution in [0.5, 0.6) is 0 Å². The molecule has 0 aliphatic rings. The van der Waals surface area contributed by atoms with Gasteiger partial charge in [-0.3, -0.25) is 0 Å². The van der Waals surface area contributed by atoms with Crippen molar-refractivity contribution in [1.29, 1.82) is 0 Å². The molecule has 0 saturated heterocycles. The lowest BCUT2D eigenvalue weighted by molar-refractivity contribution is -0.137. The van der Waals surface area contributed by atoms with E-state index in [1.807, 2.05) is 25.1 Å². The molecule has 2 aromatic carbocycles. The van der Waals surface area contributed by atoms with Gasteiger partial charge in [-0.25, -0.2) is 0 Å². The zero-order valence-corrected chi connectivity index (χ0v) is 11.6. The summed E-state index contributed by atoms with van der Waals surface area (Å²) in [5.41, 5.74) is 3.22. The number of halogens is 3. The normalized spacial score (nSPS) is 11.7.